The predicted molar refractivity (Wildman–Crippen MR) is 98.2 cm³/mol. The van der Waals surface area contributed by atoms with Gasteiger partial charge in [-0.25, -0.2) is 9.24 Å². The maximum absolute atomic E-state index is 13.6. The minimum absolute atomic E-state index is 0.116. The summed E-state index contributed by atoms with van der Waals surface area (Å²) in [4.78, 5) is 26.2. The summed E-state index contributed by atoms with van der Waals surface area (Å²) in [7, 11) is 0. The molecule has 0 aliphatic heterocycles. The third kappa shape index (κ3) is 5.52. The molecule has 27 heavy (non-hydrogen) atoms. The van der Waals surface area contributed by atoms with Crippen LogP contribution in [0.4, 0.5) is 21.5 Å². The summed E-state index contributed by atoms with van der Waals surface area (Å²) in [5.74, 6) is -1.36. The van der Waals surface area contributed by atoms with E-state index in [9.17, 15) is 19.1 Å². The Balaban J connectivity index is 1.96. The molecule has 0 aliphatic carbocycles. The van der Waals surface area contributed by atoms with Gasteiger partial charge in [0.15, 0.2) is 5.60 Å². The highest BCUT2D eigenvalue weighted by atomic mass is 19.1. The average Bonchev–Trinajstić information content (AvgIpc) is 2.61. The maximum atomic E-state index is 13.6. The molecule has 0 unspecified atom stereocenters. The van der Waals surface area contributed by atoms with Crippen LogP contribution in [0, 0.1) is 12.4 Å². The van der Waals surface area contributed by atoms with E-state index in [2.05, 4.69) is 15.5 Å². The Morgan fingerprint density at radius 1 is 1.19 bits per heavy atom. The van der Waals surface area contributed by atoms with Crippen molar-refractivity contribution < 1.29 is 23.8 Å². The molecule has 0 radical (unpaired) electrons. The molecule has 2 rings (SSSR count). The molecular weight excluding hydrogens is 353 g/mol. The van der Waals surface area contributed by atoms with Crippen molar-refractivity contribution >= 4 is 28.9 Å². The van der Waals surface area contributed by atoms with Crippen molar-refractivity contribution in [3.63, 3.8) is 0 Å². The Labute approximate surface area is 155 Å². The van der Waals surface area contributed by atoms with E-state index in [4.69, 9.17) is 11.3 Å². The molecule has 2 aromatic carbocycles. The molecule has 0 saturated carbocycles. The normalized spacial score (nSPS) is 12.4. The van der Waals surface area contributed by atoms with Gasteiger partial charge in [-0.2, -0.15) is 0 Å². The van der Waals surface area contributed by atoms with Gasteiger partial charge in [0.1, 0.15) is 18.2 Å². The topological polar surface area (TPSA) is 92.0 Å². The molecular formula is C19H18FN3O4. The standard InChI is InChI=1S/C19H18FN3O4/c1-12(24)22-13-4-7-15(8-5-13)27-11-19(2,26)18(25)23-14-6-9-17(21-3)16(20)10-14/h4-10,26H,11H2,1-2H3,(H,22,24)(H,23,25)/t19-/m0/s1. The highest BCUT2D eigenvalue weighted by molar-refractivity contribution is 5.97. The number of rotatable bonds is 6. The average molecular weight is 371 g/mol. The largest absolute Gasteiger partial charge is 0.490 e. The van der Waals surface area contributed by atoms with Crippen LogP contribution in [0.5, 0.6) is 5.75 Å². The second-order valence-corrected chi connectivity index (χ2v) is 6.00. The zero-order valence-electron chi connectivity index (χ0n) is 14.7. The first-order chi connectivity index (χ1) is 12.7. The minimum atomic E-state index is -1.88. The van der Waals surface area contributed by atoms with E-state index in [0.29, 0.717) is 11.4 Å². The third-order valence-electron chi connectivity index (χ3n) is 3.51. The van der Waals surface area contributed by atoms with Crippen LogP contribution in [-0.2, 0) is 9.59 Å². The molecule has 1 atom stereocenters. The number of amides is 2. The first kappa shape index (κ1) is 19.9. The Kier molecular flexibility index (Phi) is 6.11. The van der Waals surface area contributed by atoms with Crippen LogP contribution in [-0.4, -0.2) is 29.1 Å². The number of halogens is 1. The molecule has 3 N–H and O–H groups in total. The number of hydrogen-bond acceptors (Lipinski definition) is 4. The summed E-state index contributed by atoms with van der Waals surface area (Å²) in [5, 5.41) is 15.3. The number of nitrogens with one attached hydrogen (secondary N) is 2. The molecule has 0 fully saturated rings. The fourth-order valence-corrected chi connectivity index (χ4v) is 2.07. The number of carbonyl (C=O) groups is 2. The number of nitrogens with zero attached hydrogens (tertiary/aromatic N) is 1. The zero-order chi connectivity index (χ0) is 20.0. The number of benzene rings is 2. The fourth-order valence-electron chi connectivity index (χ4n) is 2.07. The fraction of sp³-hybridized carbons (Fsp3) is 0.211. The molecule has 0 aromatic heterocycles. The lowest BCUT2D eigenvalue weighted by Gasteiger charge is -2.22. The molecule has 8 heteroatoms. The Morgan fingerprint density at radius 3 is 2.37 bits per heavy atom. The van der Waals surface area contributed by atoms with Crippen LogP contribution in [0.25, 0.3) is 4.85 Å². The van der Waals surface area contributed by atoms with E-state index in [0.717, 1.165) is 6.07 Å². The van der Waals surface area contributed by atoms with Crippen molar-refractivity contribution in [1.29, 1.82) is 0 Å². The number of ether oxygens (including phenoxy) is 1. The van der Waals surface area contributed by atoms with Gasteiger partial charge in [-0.15, -0.1) is 0 Å². The van der Waals surface area contributed by atoms with Crippen molar-refractivity contribution in [2.75, 3.05) is 17.2 Å². The highest BCUT2D eigenvalue weighted by Gasteiger charge is 2.31. The monoisotopic (exact) mass is 371 g/mol. The summed E-state index contributed by atoms with van der Waals surface area (Å²) in [6.45, 7) is 9.11. The molecule has 0 bridgehead atoms. The van der Waals surface area contributed by atoms with Gasteiger partial charge < -0.3 is 20.5 Å². The van der Waals surface area contributed by atoms with Crippen molar-refractivity contribution in [1.82, 2.24) is 0 Å². The summed E-state index contributed by atoms with van der Waals surface area (Å²) < 4.78 is 19.0. The highest BCUT2D eigenvalue weighted by Crippen LogP contribution is 2.23. The number of aliphatic hydroxyl groups is 1. The molecule has 0 aliphatic rings. The van der Waals surface area contributed by atoms with Crippen LogP contribution in [0.2, 0.25) is 0 Å². The van der Waals surface area contributed by atoms with Gasteiger partial charge in [-0.3, -0.25) is 9.59 Å². The van der Waals surface area contributed by atoms with Gasteiger partial charge in [0, 0.05) is 18.3 Å². The van der Waals surface area contributed by atoms with E-state index in [-0.39, 0.29) is 23.9 Å². The molecule has 0 spiro atoms. The van der Waals surface area contributed by atoms with E-state index in [1.807, 2.05) is 0 Å². The van der Waals surface area contributed by atoms with Crippen LogP contribution in [0.15, 0.2) is 42.5 Å². The second kappa shape index (κ2) is 8.29. The van der Waals surface area contributed by atoms with E-state index in [1.54, 1.807) is 24.3 Å². The van der Waals surface area contributed by atoms with Gasteiger partial charge in [0.05, 0.1) is 6.57 Å². The first-order valence-corrected chi connectivity index (χ1v) is 7.92. The SMILES string of the molecule is [C-]#[N+]c1ccc(NC(=O)[C@@](C)(O)COc2ccc(NC(C)=O)cc2)cc1F. The quantitative estimate of drug-likeness (QED) is 0.681. The van der Waals surface area contributed by atoms with Crippen molar-refractivity contribution in [3.05, 3.63) is 59.7 Å². The van der Waals surface area contributed by atoms with E-state index < -0.39 is 17.3 Å². The van der Waals surface area contributed by atoms with Gasteiger partial charge in [0.25, 0.3) is 5.91 Å². The van der Waals surface area contributed by atoms with Crippen molar-refractivity contribution in [2.45, 2.75) is 19.4 Å². The molecule has 7 nitrogen and oxygen atoms in total. The molecule has 140 valence electrons. The lowest BCUT2D eigenvalue weighted by Crippen LogP contribution is -2.45. The Bertz CT molecular complexity index is 889. The van der Waals surface area contributed by atoms with E-state index >= 15 is 0 Å². The Hall–Kier alpha value is -3.44. The number of carbonyl (C=O) groups excluding carboxylic acids is 2. The summed E-state index contributed by atoms with van der Waals surface area (Å²) in [6, 6.07) is 10.0. The lowest BCUT2D eigenvalue weighted by molar-refractivity contribution is -0.135. The third-order valence-corrected chi connectivity index (χ3v) is 3.51. The second-order valence-electron chi connectivity index (χ2n) is 6.00. The minimum Gasteiger partial charge on any atom is -0.490 e. The Morgan fingerprint density at radius 2 is 1.81 bits per heavy atom. The number of hydrogen-bond donors (Lipinski definition) is 3. The lowest BCUT2D eigenvalue weighted by atomic mass is 10.1. The summed E-state index contributed by atoms with van der Waals surface area (Å²) in [6.07, 6.45) is 0. The van der Waals surface area contributed by atoms with Crippen LogP contribution < -0.4 is 15.4 Å². The van der Waals surface area contributed by atoms with Gasteiger partial charge in [0.2, 0.25) is 11.6 Å². The van der Waals surface area contributed by atoms with Gasteiger partial charge in [-0.05, 0) is 43.3 Å². The summed E-state index contributed by atoms with van der Waals surface area (Å²) >= 11 is 0. The smallest absolute Gasteiger partial charge is 0.259 e. The molecule has 2 amide bonds. The molecule has 0 heterocycles. The van der Waals surface area contributed by atoms with Crippen LogP contribution in [0.3, 0.4) is 0 Å². The first-order valence-electron chi connectivity index (χ1n) is 7.92. The van der Waals surface area contributed by atoms with Gasteiger partial charge in [-0.1, -0.05) is 6.07 Å². The maximum Gasteiger partial charge on any atom is 0.259 e. The van der Waals surface area contributed by atoms with Crippen molar-refractivity contribution in [2.24, 2.45) is 0 Å². The molecule has 2 aromatic rings. The van der Waals surface area contributed by atoms with Gasteiger partial charge >= 0.3 is 0 Å². The zero-order valence-corrected chi connectivity index (χ0v) is 14.7. The van der Waals surface area contributed by atoms with E-state index in [1.165, 1.54) is 26.0 Å². The molecule has 0 saturated heterocycles. The predicted octanol–water partition coefficient (Wildman–Crippen LogP) is 3.10. The van der Waals surface area contributed by atoms with Crippen LogP contribution in [0.1, 0.15) is 13.8 Å². The summed E-state index contributed by atoms with van der Waals surface area (Å²) in [5.41, 5.74) is -1.34. The van der Waals surface area contributed by atoms with Crippen LogP contribution >= 0.6 is 0 Å². The number of anilines is 2. The van der Waals surface area contributed by atoms with Crippen molar-refractivity contribution in [3.8, 4) is 5.75 Å².